The molecule has 1 aliphatic heterocycles. The molecule has 33 heavy (non-hydrogen) atoms. The lowest BCUT2D eigenvalue weighted by Gasteiger charge is -2.49. The maximum Gasteiger partial charge on any atom is 0.393 e. The molecule has 0 bridgehead atoms. The van der Waals surface area contributed by atoms with E-state index in [2.05, 4.69) is 25.5 Å². The summed E-state index contributed by atoms with van der Waals surface area (Å²) in [6.07, 6.45) is -0.554. The van der Waals surface area contributed by atoms with Crippen LogP contribution >= 0.6 is 11.3 Å². The van der Waals surface area contributed by atoms with Crippen molar-refractivity contribution >= 4 is 39.0 Å². The van der Waals surface area contributed by atoms with Crippen LogP contribution in [-0.2, 0) is 6.42 Å². The van der Waals surface area contributed by atoms with Crippen LogP contribution in [0, 0.1) is 5.41 Å². The van der Waals surface area contributed by atoms with Crippen LogP contribution in [0.5, 0.6) is 0 Å². The Hall–Kier alpha value is -2.88. The van der Waals surface area contributed by atoms with Gasteiger partial charge in [0.1, 0.15) is 17.0 Å². The maximum absolute atomic E-state index is 12.8. The quantitative estimate of drug-likeness (QED) is 0.563. The average Bonchev–Trinajstić information content (AvgIpc) is 3.35. The Bertz CT molecular complexity index is 1170. The zero-order valence-corrected chi connectivity index (χ0v) is 18.9. The molecule has 3 aromatic rings. The fraction of sp³-hybridized carbons (Fsp3) is 0.435. The third kappa shape index (κ3) is 4.48. The number of anilines is 2. The molecule has 2 fully saturated rings. The molecule has 6 nitrogen and oxygen atoms in total. The van der Waals surface area contributed by atoms with Gasteiger partial charge in [-0.2, -0.15) is 13.2 Å². The first kappa shape index (κ1) is 21.9. The number of hydrogen-bond donors (Lipinski definition) is 2. The summed E-state index contributed by atoms with van der Waals surface area (Å²) in [5, 5.41) is 6.90. The van der Waals surface area contributed by atoms with E-state index >= 15 is 0 Å². The van der Waals surface area contributed by atoms with Gasteiger partial charge < -0.3 is 15.5 Å². The molecule has 1 spiro atoms. The Labute approximate surface area is 193 Å². The van der Waals surface area contributed by atoms with Crippen LogP contribution in [0.2, 0.25) is 0 Å². The Morgan fingerprint density at radius 2 is 2.00 bits per heavy atom. The van der Waals surface area contributed by atoms with Gasteiger partial charge >= 0.3 is 6.18 Å². The summed E-state index contributed by atoms with van der Waals surface area (Å²) < 4.78 is 38.4. The molecular formula is C23H24F3N5OS. The second-order valence-corrected chi connectivity index (χ2v) is 10.1. The van der Waals surface area contributed by atoms with E-state index in [4.69, 9.17) is 0 Å². The van der Waals surface area contributed by atoms with E-state index in [0.717, 1.165) is 55.2 Å². The Morgan fingerprint density at radius 3 is 2.70 bits per heavy atom. The second kappa shape index (κ2) is 8.16. The first-order valence-electron chi connectivity index (χ1n) is 10.9. The van der Waals surface area contributed by atoms with Crippen molar-refractivity contribution in [1.82, 2.24) is 15.3 Å². The molecule has 1 saturated heterocycles. The normalized spacial score (nSPS) is 19.6. The SMILES string of the molecule is CNC(=O)c1ccc(N[C@H]2CCC3(C2)CN(c2ncnc4sc(CC(F)(F)F)cc24)C3)cc1. The summed E-state index contributed by atoms with van der Waals surface area (Å²) in [6.45, 7) is 1.69. The number of halogens is 3. The van der Waals surface area contributed by atoms with Crippen LogP contribution in [-0.4, -0.2) is 48.2 Å². The van der Waals surface area contributed by atoms with Gasteiger partial charge in [-0.25, -0.2) is 9.97 Å². The van der Waals surface area contributed by atoms with Crippen molar-refractivity contribution in [3.05, 3.63) is 47.1 Å². The number of nitrogens with zero attached hydrogens (tertiary/aromatic N) is 3. The number of carbonyl (C=O) groups excluding carboxylic acids is 1. The van der Waals surface area contributed by atoms with Crippen LogP contribution < -0.4 is 15.5 Å². The van der Waals surface area contributed by atoms with Crippen LogP contribution in [0.4, 0.5) is 24.7 Å². The van der Waals surface area contributed by atoms with E-state index in [9.17, 15) is 18.0 Å². The maximum atomic E-state index is 12.8. The Balaban J connectivity index is 1.22. The lowest BCUT2D eigenvalue weighted by molar-refractivity contribution is -0.126. The van der Waals surface area contributed by atoms with Crippen LogP contribution in [0.25, 0.3) is 10.2 Å². The van der Waals surface area contributed by atoms with Crippen LogP contribution in [0.15, 0.2) is 36.7 Å². The van der Waals surface area contributed by atoms with Gasteiger partial charge in [-0.3, -0.25) is 4.79 Å². The third-order valence-electron chi connectivity index (χ3n) is 6.53. The summed E-state index contributed by atoms with van der Waals surface area (Å²) in [7, 11) is 1.61. The number of nitrogens with one attached hydrogen (secondary N) is 2. The molecule has 0 radical (unpaired) electrons. The highest BCUT2D eigenvalue weighted by Gasteiger charge is 2.49. The highest BCUT2D eigenvalue weighted by atomic mass is 32.1. The molecule has 0 unspecified atom stereocenters. The van der Waals surface area contributed by atoms with Gasteiger partial charge in [-0.05, 0) is 49.6 Å². The summed E-state index contributed by atoms with van der Waals surface area (Å²) in [5.41, 5.74) is 1.82. The molecule has 1 atom stereocenters. The Kier molecular flexibility index (Phi) is 5.43. The third-order valence-corrected chi connectivity index (χ3v) is 7.58. The first-order valence-corrected chi connectivity index (χ1v) is 11.7. The molecule has 1 aromatic carbocycles. The van der Waals surface area contributed by atoms with Crippen LogP contribution in [0.3, 0.4) is 0 Å². The minimum absolute atomic E-state index is 0.106. The number of hydrogen-bond acceptors (Lipinski definition) is 6. The first-order chi connectivity index (χ1) is 15.7. The fourth-order valence-corrected chi connectivity index (χ4v) is 6.08. The number of rotatable bonds is 5. The standard InChI is InChI=1S/C23H24F3N5OS/c1-27-20(32)14-2-4-15(5-3-14)30-16-6-7-22(9-16)11-31(12-22)19-18-8-17(10-23(24,25)26)33-21(18)29-13-28-19/h2-5,8,13,16,30H,6-7,9-12H2,1H3,(H,27,32)/t16-/m0/s1. The van der Waals surface area contributed by atoms with E-state index in [1.54, 1.807) is 13.1 Å². The number of thiophene rings is 1. The monoisotopic (exact) mass is 475 g/mol. The zero-order valence-electron chi connectivity index (χ0n) is 18.1. The van der Waals surface area contributed by atoms with Gasteiger partial charge in [-0.15, -0.1) is 11.3 Å². The van der Waals surface area contributed by atoms with E-state index in [1.165, 1.54) is 6.33 Å². The largest absolute Gasteiger partial charge is 0.393 e. The number of alkyl halides is 3. The van der Waals surface area contributed by atoms with Gasteiger partial charge in [-0.1, -0.05) is 0 Å². The molecule has 2 aliphatic rings. The molecule has 174 valence electrons. The van der Waals surface area contributed by atoms with E-state index in [-0.39, 0.29) is 16.2 Å². The number of amides is 1. The van der Waals surface area contributed by atoms with Gasteiger partial charge in [0.2, 0.25) is 0 Å². The van der Waals surface area contributed by atoms with Crippen molar-refractivity contribution in [2.45, 2.75) is 37.9 Å². The lowest BCUT2D eigenvalue weighted by atomic mass is 9.78. The average molecular weight is 476 g/mol. The van der Waals surface area contributed by atoms with Crippen molar-refractivity contribution in [2.24, 2.45) is 5.41 Å². The minimum atomic E-state index is -4.23. The van der Waals surface area contributed by atoms with E-state index in [1.807, 2.05) is 24.3 Å². The molecular weight excluding hydrogens is 451 g/mol. The smallest absolute Gasteiger partial charge is 0.382 e. The molecule has 2 aromatic heterocycles. The molecule has 3 heterocycles. The fourth-order valence-electron chi connectivity index (χ4n) is 5.06. The van der Waals surface area contributed by atoms with E-state index in [0.29, 0.717) is 21.8 Å². The van der Waals surface area contributed by atoms with Crippen molar-refractivity contribution < 1.29 is 18.0 Å². The number of carbonyl (C=O) groups is 1. The molecule has 1 amide bonds. The summed E-state index contributed by atoms with van der Waals surface area (Å²) >= 11 is 1.09. The van der Waals surface area contributed by atoms with Crippen molar-refractivity contribution in [3.8, 4) is 0 Å². The minimum Gasteiger partial charge on any atom is -0.382 e. The molecule has 2 N–H and O–H groups in total. The highest BCUT2D eigenvalue weighted by Crippen LogP contribution is 2.48. The highest BCUT2D eigenvalue weighted by molar-refractivity contribution is 7.18. The molecule has 10 heteroatoms. The van der Waals surface area contributed by atoms with Crippen molar-refractivity contribution in [3.63, 3.8) is 0 Å². The predicted octanol–water partition coefficient (Wildman–Crippen LogP) is 4.63. The summed E-state index contributed by atoms with van der Waals surface area (Å²) in [4.78, 5) is 23.3. The Morgan fingerprint density at radius 1 is 1.24 bits per heavy atom. The lowest BCUT2D eigenvalue weighted by Crippen LogP contribution is -2.56. The summed E-state index contributed by atoms with van der Waals surface area (Å²) in [5.74, 6) is 0.627. The van der Waals surface area contributed by atoms with Gasteiger partial charge in [0.15, 0.2) is 0 Å². The van der Waals surface area contributed by atoms with Crippen molar-refractivity contribution in [2.75, 3.05) is 30.4 Å². The van der Waals surface area contributed by atoms with Gasteiger partial charge in [0, 0.05) is 47.7 Å². The zero-order chi connectivity index (χ0) is 23.2. The van der Waals surface area contributed by atoms with Gasteiger partial charge in [0.05, 0.1) is 11.8 Å². The topological polar surface area (TPSA) is 70.2 Å². The number of benzene rings is 1. The molecule has 1 saturated carbocycles. The number of fused-ring (bicyclic) bond motifs is 1. The molecule has 5 rings (SSSR count). The van der Waals surface area contributed by atoms with Crippen molar-refractivity contribution in [1.29, 1.82) is 0 Å². The second-order valence-electron chi connectivity index (χ2n) is 9.02. The van der Waals surface area contributed by atoms with E-state index < -0.39 is 12.6 Å². The summed E-state index contributed by atoms with van der Waals surface area (Å²) in [6, 6.07) is 9.42. The van der Waals surface area contributed by atoms with Crippen LogP contribution in [0.1, 0.15) is 34.5 Å². The van der Waals surface area contributed by atoms with Gasteiger partial charge in [0.25, 0.3) is 5.91 Å². The molecule has 1 aliphatic carbocycles. The predicted molar refractivity (Wildman–Crippen MR) is 123 cm³/mol. The number of aromatic nitrogens is 2.